The van der Waals surface area contributed by atoms with Crippen LogP contribution in [-0.2, 0) is 6.54 Å². The second-order valence-electron chi connectivity index (χ2n) is 6.47. The number of rotatable bonds is 6. The summed E-state index contributed by atoms with van der Waals surface area (Å²) >= 11 is 0. The normalized spacial score (nSPS) is 10.6. The molecule has 8 heteroatoms. The van der Waals surface area contributed by atoms with Crippen molar-refractivity contribution in [3.05, 3.63) is 90.1 Å². The molecule has 0 fully saturated rings. The van der Waals surface area contributed by atoms with Crippen LogP contribution in [0.1, 0.15) is 16.1 Å². The van der Waals surface area contributed by atoms with E-state index in [4.69, 9.17) is 4.74 Å². The third-order valence-corrected chi connectivity index (χ3v) is 4.49. The molecule has 1 amide bonds. The van der Waals surface area contributed by atoms with E-state index in [1.54, 1.807) is 35.3 Å². The van der Waals surface area contributed by atoms with Gasteiger partial charge >= 0.3 is 0 Å². The fraction of sp³-hybridized carbons (Fsp3) is 0.0909. The van der Waals surface area contributed by atoms with Gasteiger partial charge in [0, 0.05) is 29.7 Å². The van der Waals surface area contributed by atoms with Gasteiger partial charge < -0.3 is 10.1 Å². The summed E-state index contributed by atoms with van der Waals surface area (Å²) in [6.07, 6.45) is 3.27. The molecule has 0 radical (unpaired) electrons. The molecule has 0 saturated heterocycles. The number of nitrogens with one attached hydrogen (secondary N) is 1. The fourth-order valence-electron chi connectivity index (χ4n) is 3.06. The van der Waals surface area contributed by atoms with Crippen LogP contribution in [0.3, 0.4) is 0 Å². The molecule has 0 saturated carbocycles. The van der Waals surface area contributed by atoms with E-state index in [1.165, 1.54) is 19.2 Å². The van der Waals surface area contributed by atoms with Gasteiger partial charge in [0.1, 0.15) is 5.69 Å². The molecule has 2 heterocycles. The molecule has 2 aromatic heterocycles. The number of methoxy groups -OCH3 is 1. The summed E-state index contributed by atoms with van der Waals surface area (Å²) in [5.41, 5.74) is 2.73. The van der Waals surface area contributed by atoms with E-state index >= 15 is 0 Å². The Labute approximate surface area is 172 Å². The first-order chi connectivity index (χ1) is 14.7. The van der Waals surface area contributed by atoms with Crippen LogP contribution in [0.15, 0.2) is 73.1 Å². The molecule has 1 N–H and O–H groups in total. The first kappa shape index (κ1) is 19.3. The molecule has 30 heavy (non-hydrogen) atoms. The maximum absolute atomic E-state index is 14.0. The summed E-state index contributed by atoms with van der Waals surface area (Å²) in [7, 11) is 1.38. The van der Waals surface area contributed by atoms with Crippen LogP contribution in [0.5, 0.6) is 5.75 Å². The van der Waals surface area contributed by atoms with Gasteiger partial charge in [-0.15, -0.1) is 5.10 Å². The molecular weight excluding hydrogens is 385 g/mol. The number of ether oxygens (including phenoxy) is 1. The summed E-state index contributed by atoms with van der Waals surface area (Å²) in [6.45, 7) is 0.440. The Bertz CT molecular complexity index is 1160. The van der Waals surface area contributed by atoms with Gasteiger partial charge in [-0.05, 0) is 29.8 Å². The van der Waals surface area contributed by atoms with E-state index in [0.29, 0.717) is 12.2 Å². The van der Waals surface area contributed by atoms with E-state index < -0.39 is 11.7 Å². The molecule has 0 spiro atoms. The van der Waals surface area contributed by atoms with Crippen LogP contribution in [0, 0.1) is 5.82 Å². The van der Waals surface area contributed by atoms with E-state index in [2.05, 4.69) is 20.6 Å². The lowest BCUT2D eigenvalue weighted by Gasteiger charge is -2.10. The molecular formula is C22H18FN5O2. The molecule has 2 aromatic carbocycles. The highest BCUT2D eigenvalue weighted by Crippen LogP contribution is 2.25. The molecule has 0 aliphatic heterocycles. The van der Waals surface area contributed by atoms with Crippen molar-refractivity contribution >= 4 is 11.6 Å². The van der Waals surface area contributed by atoms with Crippen LogP contribution >= 0.6 is 0 Å². The highest BCUT2D eigenvalue weighted by atomic mass is 19.1. The van der Waals surface area contributed by atoms with E-state index in [1.807, 2.05) is 30.3 Å². The summed E-state index contributed by atoms with van der Waals surface area (Å²) in [5.74, 6) is -0.970. The summed E-state index contributed by atoms with van der Waals surface area (Å²) < 4.78 is 20.5. The van der Waals surface area contributed by atoms with Crippen LogP contribution in [0.4, 0.5) is 10.1 Å². The number of amides is 1. The summed E-state index contributed by atoms with van der Waals surface area (Å²) in [6, 6.07) is 17.5. The predicted octanol–water partition coefficient (Wildman–Crippen LogP) is 3.79. The molecule has 4 rings (SSSR count). The van der Waals surface area contributed by atoms with E-state index in [0.717, 1.165) is 11.1 Å². The SMILES string of the molecule is COc1ccc(NC(=O)c2nnn(Cc3ccccc3)c2-c2ccncc2)cc1F. The lowest BCUT2D eigenvalue weighted by atomic mass is 10.1. The van der Waals surface area contributed by atoms with E-state index in [9.17, 15) is 9.18 Å². The van der Waals surface area contributed by atoms with Crippen LogP contribution in [-0.4, -0.2) is 33.0 Å². The number of nitrogens with zero attached hydrogens (tertiary/aromatic N) is 4. The smallest absolute Gasteiger partial charge is 0.278 e. The number of benzene rings is 2. The average Bonchev–Trinajstić information content (AvgIpc) is 3.19. The highest BCUT2D eigenvalue weighted by molar-refractivity contribution is 6.06. The summed E-state index contributed by atoms with van der Waals surface area (Å²) in [5, 5.41) is 11.0. The van der Waals surface area contributed by atoms with Crippen molar-refractivity contribution in [2.75, 3.05) is 12.4 Å². The topological polar surface area (TPSA) is 81.9 Å². The van der Waals surface area contributed by atoms with Crippen molar-refractivity contribution in [2.24, 2.45) is 0 Å². The second-order valence-corrected chi connectivity index (χ2v) is 6.47. The van der Waals surface area contributed by atoms with Crippen molar-refractivity contribution in [3.8, 4) is 17.0 Å². The van der Waals surface area contributed by atoms with Crippen molar-refractivity contribution in [1.29, 1.82) is 0 Å². The van der Waals surface area contributed by atoms with Crippen LogP contribution < -0.4 is 10.1 Å². The van der Waals surface area contributed by atoms with Crippen molar-refractivity contribution in [3.63, 3.8) is 0 Å². The minimum atomic E-state index is -0.572. The predicted molar refractivity (Wildman–Crippen MR) is 110 cm³/mol. The van der Waals surface area contributed by atoms with Crippen molar-refractivity contribution < 1.29 is 13.9 Å². The lowest BCUT2D eigenvalue weighted by molar-refractivity contribution is 0.102. The zero-order valence-corrected chi connectivity index (χ0v) is 16.1. The van der Waals surface area contributed by atoms with Crippen LogP contribution in [0.2, 0.25) is 0 Å². The molecule has 0 bridgehead atoms. The Morgan fingerprint density at radius 1 is 1.10 bits per heavy atom. The largest absolute Gasteiger partial charge is 0.494 e. The zero-order valence-electron chi connectivity index (χ0n) is 16.1. The number of hydrogen-bond donors (Lipinski definition) is 1. The highest BCUT2D eigenvalue weighted by Gasteiger charge is 2.22. The van der Waals surface area contributed by atoms with Crippen molar-refractivity contribution in [1.82, 2.24) is 20.0 Å². The molecule has 0 aliphatic carbocycles. The molecule has 0 unspecified atom stereocenters. The molecule has 0 aliphatic rings. The molecule has 150 valence electrons. The summed E-state index contributed by atoms with van der Waals surface area (Å²) in [4.78, 5) is 17.0. The quantitative estimate of drug-likeness (QED) is 0.530. The van der Waals surface area contributed by atoms with Gasteiger partial charge in [-0.25, -0.2) is 9.07 Å². The van der Waals surface area contributed by atoms with Gasteiger partial charge in [-0.2, -0.15) is 0 Å². The number of pyridine rings is 1. The number of carbonyl (C=O) groups is 1. The van der Waals surface area contributed by atoms with Crippen LogP contribution in [0.25, 0.3) is 11.3 Å². The molecule has 0 atom stereocenters. The maximum Gasteiger partial charge on any atom is 0.278 e. The van der Waals surface area contributed by atoms with Gasteiger partial charge in [-0.3, -0.25) is 9.78 Å². The third kappa shape index (κ3) is 4.02. The van der Waals surface area contributed by atoms with Gasteiger partial charge in [-0.1, -0.05) is 35.5 Å². The Morgan fingerprint density at radius 2 is 1.87 bits per heavy atom. The minimum Gasteiger partial charge on any atom is -0.494 e. The van der Waals surface area contributed by atoms with Gasteiger partial charge in [0.25, 0.3) is 5.91 Å². The first-order valence-electron chi connectivity index (χ1n) is 9.18. The second kappa shape index (κ2) is 8.52. The average molecular weight is 403 g/mol. The van der Waals surface area contributed by atoms with E-state index in [-0.39, 0.29) is 17.1 Å². The fourth-order valence-corrected chi connectivity index (χ4v) is 3.06. The van der Waals surface area contributed by atoms with Crippen molar-refractivity contribution in [2.45, 2.75) is 6.54 Å². The number of anilines is 1. The minimum absolute atomic E-state index is 0.0966. The lowest BCUT2D eigenvalue weighted by Crippen LogP contribution is -2.14. The van der Waals surface area contributed by atoms with Gasteiger partial charge in [0.05, 0.1) is 13.7 Å². The first-order valence-corrected chi connectivity index (χ1v) is 9.18. The Kier molecular flexibility index (Phi) is 5.47. The Hall–Kier alpha value is -4.07. The Morgan fingerprint density at radius 3 is 2.57 bits per heavy atom. The van der Waals surface area contributed by atoms with Gasteiger partial charge in [0.2, 0.25) is 0 Å². The number of carbonyl (C=O) groups excluding carboxylic acids is 1. The third-order valence-electron chi connectivity index (χ3n) is 4.49. The standard InChI is InChI=1S/C22H18FN5O2/c1-30-19-8-7-17(13-18(19)23)25-22(29)20-21(16-9-11-24-12-10-16)28(27-26-20)14-15-5-3-2-4-6-15/h2-13H,14H2,1H3,(H,25,29). The zero-order chi connectivity index (χ0) is 20.9. The van der Waals surface area contributed by atoms with Gasteiger partial charge in [0.15, 0.2) is 17.3 Å². The number of aromatic nitrogens is 4. The maximum atomic E-state index is 14.0. The molecule has 7 nitrogen and oxygen atoms in total. The number of hydrogen-bond acceptors (Lipinski definition) is 5. The monoisotopic (exact) mass is 403 g/mol. The number of halogens is 1. The molecule has 4 aromatic rings. The Balaban J connectivity index is 1.68.